The standard InChI is InChI=1S/C11H11FO3/c1-7(13)8-5-9(12)11-10(6-8)14-3-2-4-15-11/h5-6H,2-4H2,1H3. The summed E-state index contributed by atoms with van der Waals surface area (Å²) in [4.78, 5) is 11.1. The third-order valence-corrected chi connectivity index (χ3v) is 2.21. The minimum atomic E-state index is -0.542. The van der Waals surface area contributed by atoms with Gasteiger partial charge in [0.25, 0.3) is 0 Å². The van der Waals surface area contributed by atoms with Crippen molar-refractivity contribution in [1.82, 2.24) is 0 Å². The van der Waals surface area contributed by atoms with Gasteiger partial charge in [-0.25, -0.2) is 4.39 Å². The van der Waals surface area contributed by atoms with Crippen LogP contribution in [-0.2, 0) is 0 Å². The van der Waals surface area contributed by atoms with Crippen molar-refractivity contribution < 1.29 is 18.7 Å². The summed E-state index contributed by atoms with van der Waals surface area (Å²) in [6.07, 6.45) is 0.712. The molecule has 15 heavy (non-hydrogen) atoms. The molecule has 1 aromatic rings. The molecule has 1 aromatic carbocycles. The molecule has 0 atom stereocenters. The third kappa shape index (κ3) is 1.93. The average Bonchev–Trinajstić information content (AvgIpc) is 2.42. The van der Waals surface area contributed by atoms with Gasteiger partial charge >= 0.3 is 0 Å². The highest BCUT2D eigenvalue weighted by Crippen LogP contribution is 2.33. The second kappa shape index (κ2) is 3.88. The summed E-state index contributed by atoms with van der Waals surface area (Å²) in [5.41, 5.74) is 0.303. The van der Waals surface area contributed by atoms with E-state index in [-0.39, 0.29) is 11.5 Å². The molecule has 0 aliphatic carbocycles. The number of rotatable bonds is 1. The quantitative estimate of drug-likeness (QED) is 0.666. The number of hydrogen-bond donors (Lipinski definition) is 0. The molecule has 0 fully saturated rings. The molecule has 3 nitrogen and oxygen atoms in total. The lowest BCUT2D eigenvalue weighted by Crippen LogP contribution is -1.99. The fourth-order valence-electron chi connectivity index (χ4n) is 1.43. The second-order valence-electron chi connectivity index (χ2n) is 3.39. The molecule has 1 heterocycles. The maximum atomic E-state index is 13.5. The zero-order chi connectivity index (χ0) is 10.8. The van der Waals surface area contributed by atoms with E-state index in [0.717, 1.165) is 0 Å². The summed E-state index contributed by atoms with van der Waals surface area (Å²) in [6.45, 7) is 2.30. The van der Waals surface area contributed by atoms with Crippen LogP contribution in [0.1, 0.15) is 23.7 Å². The van der Waals surface area contributed by atoms with Crippen LogP contribution in [0.5, 0.6) is 11.5 Å². The number of benzene rings is 1. The number of carbonyl (C=O) groups is 1. The van der Waals surface area contributed by atoms with Crippen molar-refractivity contribution in [3.8, 4) is 11.5 Å². The van der Waals surface area contributed by atoms with E-state index in [1.165, 1.54) is 19.1 Å². The van der Waals surface area contributed by atoms with Gasteiger partial charge in [-0.05, 0) is 19.1 Å². The molecule has 80 valence electrons. The highest BCUT2D eigenvalue weighted by Gasteiger charge is 2.17. The van der Waals surface area contributed by atoms with Gasteiger partial charge in [0.2, 0.25) is 0 Å². The maximum Gasteiger partial charge on any atom is 0.197 e. The summed E-state index contributed by atoms with van der Waals surface area (Å²) in [5, 5.41) is 0. The highest BCUT2D eigenvalue weighted by molar-refractivity contribution is 5.94. The zero-order valence-corrected chi connectivity index (χ0v) is 8.38. The van der Waals surface area contributed by atoms with Gasteiger partial charge in [0.1, 0.15) is 0 Å². The molecule has 0 saturated heterocycles. The predicted molar refractivity (Wildman–Crippen MR) is 52.0 cm³/mol. The molecule has 1 aliphatic rings. The van der Waals surface area contributed by atoms with E-state index in [1.807, 2.05) is 0 Å². The van der Waals surface area contributed by atoms with Gasteiger partial charge in [0, 0.05) is 12.0 Å². The van der Waals surface area contributed by atoms with E-state index in [4.69, 9.17) is 9.47 Å². The molecular formula is C11H11FO3. The Labute approximate surface area is 86.8 Å². The molecule has 0 unspecified atom stereocenters. The Morgan fingerprint density at radius 3 is 2.80 bits per heavy atom. The van der Waals surface area contributed by atoms with Crippen molar-refractivity contribution in [3.05, 3.63) is 23.5 Å². The number of carbonyl (C=O) groups excluding carboxylic acids is 1. The van der Waals surface area contributed by atoms with Crippen molar-refractivity contribution in [3.63, 3.8) is 0 Å². The van der Waals surface area contributed by atoms with E-state index in [1.54, 1.807) is 0 Å². The van der Waals surface area contributed by atoms with Crippen molar-refractivity contribution in [2.24, 2.45) is 0 Å². The Morgan fingerprint density at radius 1 is 1.33 bits per heavy atom. The van der Waals surface area contributed by atoms with Crippen molar-refractivity contribution in [1.29, 1.82) is 0 Å². The van der Waals surface area contributed by atoms with Gasteiger partial charge in [-0.3, -0.25) is 4.79 Å². The lowest BCUT2D eigenvalue weighted by atomic mass is 10.1. The zero-order valence-electron chi connectivity index (χ0n) is 8.38. The first-order valence-electron chi connectivity index (χ1n) is 4.78. The lowest BCUT2D eigenvalue weighted by molar-refractivity contribution is 0.101. The van der Waals surface area contributed by atoms with E-state index in [2.05, 4.69) is 0 Å². The summed E-state index contributed by atoms with van der Waals surface area (Å²) < 4.78 is 24.0. The first-order chi connectivity index (χ1) is 7.18. The first-order valence-corrected chi connectivity index (χ1v) is 4.78. The third-order valence-electron chi connectivity index (χ3n) is 2.21. The molecule has 0 N–H and O–H groups in total. The van der Waals surface area contributed by atoms with Crippen LogP contribution in [-0.4, -0.2) is 19.0 Å². The summed E-state index contributed by atoms with van der Waals surface area (Å²) in [5.74, 6) is -0.306. The van der Waals surface area contributed by atoms with Crippen molar-refractivity contribution in [2.45, 2.75) is 13.3 Å². The fraction of sp³-hybridized carbons (Fsp3) is 0.364. The normalized spacial score (nSPS) is 14.5. The first kappa shape index (κ1) is 9.96. The van der Waals surface area contributed by atoms with Crippen LogP contribution in [0.4, 0.5) is 4.39 Å². The van der Waals surface area contributed by atoms with Gasteiger partial charge in [-0.1, -0.05) is 0 Å². The monoisotopic (exact) mass is 210 g/mol. The van der Waals surface area contributed by atoms with Crippen LogP contribution in [0.25, 0.3) is 0 Å². The predicted octanol–water partition coefficient (Wildman–Crippen LogP) is 2.19. The van der Waals surface area contributed by atoms with Crippen LogP contribution in [0.15, 0.2) is 12.1 Å². The molecule has 2 rings (SSSR count). The number of ketones is 1. The number of Topliss-reactive ketones (excluding diaryl/α,β-unsaturated/α-hetero) is 1. The van der Waals surface area contributed by atoms with Crippen LogP contribution >= 0.6 is 0 Å². The Balaban J connectivity index is 2.48. The maximum absolute atomic E-state index is 13.5. The van der Waals surface area contributed by atoms with Gasteiger partial charge in [0.05, 0.1) is 13.2 Å². The molecule has 0 bridgehead atoms. The van der Waals surface area contributed by atoms with Crippen molar-refractivity contribution in [2.75, 3.05) is 13.2 Å². The molecule has 0 aromatic heterocycles. The number of hydrogen-bond acceptors (Lipinski definition) is 3. The van der Waals surface area contributed by atoms with Gasteiger partial charge < -0.3 is 9.47 Å². The average molecular weight is 210 g/mol. The molecule has 0 saturated carbocycles. The number of halogens is 1. The van der Waals surface area contributed by atoms with Crippen LogP contribution in [0, 0.1) is 5.82 Å². The van der Waals surface area contributed by atoms with E-state index in [0.29, 0.717) is 30.9 Å². The smallest absolute Gasteiger partial charge is 0.197 e. The number of fused-ring (bicyclic) bond motifs is 1. The number of ether oxygens (including phenoxy) is 2. The summed E-state index contributed by atoms with van der Waals surface area (Å²) in [6, 6.07) is 2.70. The topological polar surface area (TPSA) is 35.5 Å². The molecule has 4 heteroatoms. The van der Waals surface area contributed by atoms with E-state index >= 15 is 0 Å². The fourth-order valence-corrected chi connectivity index (χ4v) is 1.43. The van der Waals surface area contributed by atoms with E-state index < -0.39 is 5.82 Å². The molecule has 0 radical (unpaired) electrons. The van der Waals surface area contributed by atoms with Gasteiger partial charge in [0.15, 0.2) is 23.1 Å². The summed E-state index contributed by atoms with van der Waals surface area (Å²) >= 11 is 0. The lowest BCUT2D eigenvalue weighted by Gasteiger charge is -2.09. The minimum Gasteiger partial charge on any atom is -0.489 e. The van der Waals surface area contributed by atoms with E-state index in [9.17, 15) is 9.18 Å². The molecular weight excluding hydrogens is 199 g/mol. The highest BCUT2D eigenvalue weighted by atomic mass is 19.1. The molecule has 0 spiro atoms. The minimum absolute atomic E-state index is 0.109. The Morgan fingerprint density at radius 2 is 2.07 bits per heavy atom. The largest absolute Gasteiger partial charge is 0.489 e. The SMILES string of the molecule is CC(=O)c1cc(F)c2c(c1)OCCCO2. The summed E-state index contributed by atoms with van der Waals surface area (Å²) in [7, 11) is 0. The molecule has 1 aliphatic heterocycles. The Bertz CT molecular complexity index is 401. The van der Waals surface area contributed by atoms with Gasteiger partial charge in [-0.2, -0.15) is 0 Å². The van der Waals surface area contributed by atoms with Crippen LogP contribution in [0.2, 0.25) is 0 Å². The molecule has 0 amide bonds. The van der Waals surface area contributed by atoms with Crippen LogP contribution in [0.3, 0.4) is 0 Å². The van der Waals surface area contributed by atoms with Gasteiger partial charge in [-0.15, -0.1) is 0 Å². The Hall–Kier alpha value is -1.58. The van der Waals surface area contributed by atoms with Crippen LogP contribution < -0.4 is 9.47 Å². The second-order valence-corrected chi connectivity index (χ2v) is 3.39. The van der Waals surface area contributed by atoms with Crippen molar-refractivity contribution >= 4 is 5.78 Å². The Kier molecular flexibility index (Phi) is 2.58.